The average molecular weight is 271 g/mol. The van der Waals surface area contributed by atoms with Gasteiger partial charge in [0.05, 0.1) is 0 Å². The van der Waals surface area contributed by atoms with E-state index in [1.54, 1.807) is 12.1 Å². The fourth-order valence-corrected chi connectivity index (χ4v) is 2.55. The third-order valence-electron chi connectivity index (χ3n) is 3.48. The van der Waals surface area contributed by atoms with Crippen molar-refractivity contribution in [3.8, 4) is 0 Å². The monoisotopic (exact) mass is 271 g/mol. The van der Waals surface area contributed by atoms with Crippen molar-refractivity contribution in [2.75, 3.05) is 6.54 Å². The van der Waals surface area contributed by atoms with Crippen molar-refractivity contribution in [1.29, 1.82) is 0 Å². The first kappa shape index (κ1) is 14.7. The molecule has 2 heteroatoms. The molecule has 20 heavy (non-hydrogen) atoms. The van der Waals surface area contributed by atoms with E-state index in [4.69, 9.17) is 0 Å². The van der Waals surface area contributed by atoms with Crippen LogP contribution in [0, 0.1) is 12.7 Å². The van der Waals surface area contributed by atoms with Crippen molar-refractivity contribution >= 4 is 0 Å². The second kappa shape index (κ2) is 7.20. The second-order valence-electron chi connectivity index (χ2n) is 5.20. The summed E-state index contributed by atoms with van der Waals surface area (Å²) in [5.41, 5.74) is 3.34. The van der Waals surface area contributed by atoms with E-state index in [1.807, 2.05) is 13.0 Å². The van der Waals surface area contributed by atoms with Gasteiger partial charge < -0.3 is 5.32 Å². The molecule has 0 radical (unpaired) electrons. The van der Waals surface area contributed by atoms with Gasteiger partial charge in [-0.15, -0.1) is 0 Å². The summed E-state index contributed by atoms with van der Waals surface area (Å²) >= 11 is 0. The van der Waals surface area contributed by atoms with Gasteiger partial charge >= 0.3 is 0 Å². The standard InChI is InChI=1S/C18H22FN/c1-3-20-18(10-9-15-7-5-4-6-8-15)16-11-14(2)12-17(19)13-16/h4-8,11-13,18,20H,3,9-10H2,1-2H3. The molecule has 2 rings (SSSR count). The fraction of sp³-hybridized carbons (Fsp3) is 0.333. The second-order valence-corrected chi connectivity index (χ2v) is 5.20. The molecule has 106 valence electrons. The Balaban J connectivity index is 2.10. The first-order valence-electron chi connectivity index (χ1n) is 7.23. The minimum Gasteiger partial charge on any atom is -0.310 e. The van der Waals surface area contributed by atoms with Gasteiger partial charge in [0.25, 0.3) is 0 Å². The average Bonchev–Trinajstić information content (AvgIpc) is 2.43. The van der Waals surface area contributed by atoms with Gasteiger partial charge in [-0.25, -0.2) is 4.39 Å². The van der Waals surface area contributed by atoms with Gasteiger partial charge in [-0.3, -0.25) is 0 Å². The van der Waals surface area contributed by atoms with Crippen LogP contribution in [0.2, 0.25) is 0 Å². The summed E-state index contributed by atoms with van der Waals surface area (Å²) in [5.74, 6) is -0.150. The first-order valence-corrected chi connectivity index (χ1v) is 7.23. The lowest BCUT2D eigenvalue weighted by molar-refractivity contribution is 0.510. The Kier molecular flexibility index (Phi) is 5.31. The zero-order valence-electron chi connectivity index (χ0n) is 12.2. The number of hydrogen-bond donors (Lipinski definition) is 1. The van der Waals surface area contributed by atoms with E-state index < -0.39 is 0 Å². The molecule has 0 amide bonds. The predicted octanol–water partition coefficient (Wildman–Crippen LogP) is 4.42. The molecular weight excluding hydrogens is 249 g/mol. The van der Waals surface area contributed by atoms with Crippen LogP contribution in [0.4, 0.5) is 4.39 Å². The Morgan fingerprint density at radius 2 is 1.85 bits per heavy atom. The molecule has 0 heterocycles. The van der Waals surface area contributed by atoms with Crippen LogP contribution >= 0.6 is 0 Å². The highest BCUT2D eigenvalue weighted by molar-refractivity contribution is 5.26. The number of rotatable bonds is 6. The topological polar surface area (TPSA) is 12.0 Å². The van der Waals surface area contributed by atoms with Crippen molar-refractivity contribution < 1.29 is 4.39 Å². The highest BCUT2D eigenvalue weighted by atomic mass is 19.1. The summed E-state index contributed by atoms with van der Waals surface area (Å²) in [6.07, 6.45) is 1.97. The molecule has 1 N–H and O–H groups in total. The molecule has 1 unspecified atom stereocenters. The zero-order valence-corrected chi connectivity index (χ0v) is 12.2. The van der Waals surface area contributed by atoms with Gasteiger partial charge in [0.1, 0.15) is 5.82 Å². The molecular formula is C18H22FN. The quantitative estimate of drug-likeness (QED) is 0.820. The first-order chi connectivity index (χ1) is 9.69. The van der Waals surface area contributed by atoms with Crippen LogP contribution in [0.15, 0.2) is 48.5 Å². The fourth-order valence-electron chi connectivity index (χ4n) is 2.55. The largest absolute Gasteiger partial charge is 0.310 e. The lowest BCUT2D eigenvalue weighted by atomic mass is 9.97. The molecule has 0 aromatic heterocycles. The molecule has 0 fully saturated rings. The molecule has 2 aromatic rings. The predicted molar refractivity (Wildman–Crippen MR) is 82.3 cm³/mol. The van der Waals surface area contributed by atoms with Crippen molar-refractivity contribution in [3.05, 3.63) is 71.0 Å². The zero-order chi connectivity index (χ0) is 14.4. The summed E-state index contributed by atoms with van der Waals surface area (Å²) in [5, 5.41) is 3.46. The highest BCUT2D eigenvalue weighted by Crippen LogP contribution is 2.21. The smallest absolute Gasteiger partial charge is 0.123 e. The van der Waals surface area contributed by atoms with Crippen LogP contribution in [0.1, 0.15) is 36.1 Å². The van der Waals surface area contributed by atoms with Crippen LogP contribution in [0.3, 0.4) is 0 Å². The molecule has 0 aliphatic rings. The maximum atomic E-state index is 13.6. The molecule has 0 aliphatic carbocycles. The van der Waals surface area contributed by atoms with Crippen LogP contribution in [-0.4, -0.2) is 6.54 Å². The molecule has 2 aromatic carbocycles. The van der Waals surface area contributed by atoms with Crippen molar-refractivity contribution in [2.45, 2.75) is 32.7 Å². The van der Waals surface area contributed by atoms with E-state index in [2.05, 4.69) is 42.6 Å². The van der Waals surface area contributed by atoms with Crippen molar-refractivity contribution in [2.24, 2.45) is 0 Å². The van der Waals surface area contributed by atoms with Crippen molar-refractivity contribution in [3.63, 3.8) is 0 Å². The summed E-state index contributed by atoms with van der Waals surface area (Å²) in [7, 11) is 0. The molecule has 0 saturated carbocycles. The minimum atomic E-state index is -0.150. The number of hydrogen-bond acceptors (Lipinski definition) is 1. The number of aryl methyl sites for hydroxylation is 2. The maximum absolute atomic E-state index is 13.6. The van der Waals surface area contributed by atoms with E-state index in [0.717, 1.165) is 30.5 Å². The van der Waals surface area contributed by atoms with E-state index in [-0.39, 0.29) is 11.9 Å². The molecule has 1 atom stereocenters. The molecule has 1 nitrogen and oxygen atoms in total. The molecule has 0 spiro atoms. The number of nitrogens with one attached hydrogen (secondary N) is 1. The van der Waals surface area contributed by atoms with E-state index in [0.29, 0.717) is 0 Å². The van der Waals surface area contributed by atoms with Gasteiger partial charge in [0, 0.05) is 6.04 Å². The normalized spacial score (nSPS) is 12.3. The third-order valence-corrected chi connectivity index (χ3v) is 3.48. The van der Waals surface area contributed by atoms with Crippen LogP contribution in [0.5, 0.6) is 0 Å². The number of benzene rings is 2. The van der Waals surface area contributed by atoms with Crippen LogP contribution in [0.25, 0.3) is 0 Å². The summed E-state index contributed by atoms with van der Waals surface area (Å²) in [6, 6.07) is 15.9. The Labute approximate surface area is 120 Å². The van der Waals surface area contributed by atoms with Crippen LogP contribution in [-0.2, 0) is 6.42 Å². The van der Waals surface area contributed by atoms with Crippen LogP contribution < -0.4 is 5.32 Å². The molecule has 0 aliphatic heterocycles. The lowest BCUT2D eigenvalue weighted by Gasteiger charge is -2.19. The Morgan fingerprint density at radius 1 is 1.10 bits per heavy atom. The number of halogens is 1. The Hall–Kier alpha value is -1.67. The molecule has 0 bridgehead atoms. The SMILES string of the molecule is CCNC(CCc1ccccc1)c1cc(C)cc(F)c1. The van der Waals surface area contributed by atoms with Crippen molar-refractivity contribution in [1.82, 2.24) is 5.32 Å². The van der Waals surface area contributed by atoms with Gasteiger partial charge in [-0.1, -0.05) is 43.3 Å². The molecule has 0 saturated heterocycles. The highest BCUT2D eigenvalue weighted by Gasteiger charge is 2.12. The van der Waals surface area contributed by atoms with Gasteiger partial charge in [0.15, 0.2) is 0 Å². The summed E-state index contributed by atoms with van der Waals surface area (Å²) < 4.78 is 13.6. The van der Waals surface area contributed by atoms with Gasteiger partial charge in [0.2, 0.25) is 0 Å². The lowest BCUT2D eigenvalue weighted by Crippen LogP contribution is -2.21. The van der Waals surface area contributed by atoms with E-state index in [1.165, 1.54) is 5.56 Å². The maximum Gasteiger partial charge on any atom is 0.123 e. The Bertz CT molecular complexity index is 516. The van der Waals surface area contributed by atoms with Gasteiger partial charge in [-0.05, 0) is 55.1 Å². The summed E-state index contributed by atoms with van der Waals surface area (Å²) in [6.45, 7) is 4.91. The third kappa shape index (κ3) is 4.17. The van der Waals surface area contributed by atoms with E-state index >= 15 is 0 Å². The summed E-state index contributed by atoms with van der Waals surface area (Å²) in [4.78, 5) is 0. The Morgan fingerprint density at radius 3 is 2.50 bits per heavy atom. The van der Waals surface area contributed by atoms with E-state index in [9.17, 15) is 4.39 Å². The minimum absolute atomic E-state index is 0.150. The van der Waals surface area contributed by atoms with Gasteiger partial charge in [-0.2, -0.15) is 0 Å².